The molecular formula is C69H97F3N6O17S. The maximum absolute atomic E-state index is 13.8. The topological polar surface area (TPSA) is 252 Å². The number of aryl methyl sites for hydroxylation is 2. The fraction of sp³-hybridized carbons (Fsp3) is 0.536. The molecule has 5 rings (SSSR count). The highest BCUT2D eigenvalue weighted by atomic mass is 32.2. The Balaban J connectivity index is 0.876. The summed E-state index contributed by atoms with van der Waals surface area (Å²) in [6.45, 7) is 15.2. The predicted octanol–water partition coefficient (Wildman–Crippen LogP) is 7.93. The van der Waals surface area contributed by atoms with Crippen molar-refractivity contribution in [2.75, 3.05) is 203 Å². The molecule has 0 saturated heterocycles. The molecule has 0 aliphatic carbocycles. The molecule has 1 aromatic heterocycles. The lowest BCUT2D eigenvalue weighted by atomic mass is 10.0. The van der Waals surface area contributed by atoms with Crippen molar-refractivity contribution in [1.82, 2.24) is 19.9 Å². The van der Waals surface area contributed by atoms with E-state index in [0.717, 1.165) is 42.0 Å². The van der Waals surface area contributed by atoms with E-state index in [0.29, 0.717) is 193 Å². The lowest BCUT2D eigenvalue weighted by molar-refractivity contribution is -0.137. The maximum atomic E-state index is 13.8. The number of carbonyl (C=O) groups excluding carboxylic acids is 3. The summed E-state index contributed by atoms with van der Waals surface area (Å²) in [5.74, 6) is -0.905. The van der Waals surface area contributed by atoms with Crippen LogP contribution >= 0.6 is 0 Å². The van der Waals surface area contributed by atoms with E-state index >= 15 is 0 Å². The first kappa shape index (κ1) is 80.1. The van der Waals surface area contributed by atoms with Crippen molar-refractivity contribution in [3.63, 3.8) is 0 Å². The summed E-state index contributed by atoms with van der Waals surface area (Å²) in [6, 6.07) is 27.3. The van der Waals surface area contributed by atoms with E-state index < -0.39 is 27.7 Å². The van der Waals surface area contributed by atoms with Gasteiger partial charge in [-0.15, -0.1) is 0 Å². The number of halogens is 3. The Kier molecular flexibility index (Phi) is 39.6. The molecule has 96 heavy (non-hydrogen) atoms. The standard InChI is InChI=1S/C69H97F3N6O17S/c1-5-77(6-2)61-18-21-64(63(53-61)65-52-59(23-24-73-65)67(80)74-54-57-11-8-14-60(51-57)69(70,71)72)76-68(81)58-13-7-10-56(50-58)12-9-28-86-34-37-90-42-43-91-38-35-87-29-25-75-96(82,83)62-19-15-55(16-20-62)17-22-66(79)78(26-30-84-3)27-31-88-36-39-92-44-45-94-48-49-95-47-46-93-41-40-89-33-32-85-4/h7-8,10-11,13-16,18-21,23-24,50-53,75H,5-6,9,12,17,22,25-49,54H2,1-4H3,(H,74,80)(H,76,81). The number of aromatic nitrogens is 1. The average molecular weight is 1370 g/mol. The van der Waals surface area contributed by atoms with Crippen LogP contribution in [0.15, 0.2) is 114 Å². The van der Waals surface area contributed by atoms with E-state index in [9.17, 15) is 36.0 Å². The van der Waals surface area contributed by atoms with Gasteiger partial charge in [0.05, 0.1) is 161 Å². The molecule has 3 N–H and O–H groups in total. The van der Waals surface area contributed by atoms with Gasteiger partial charge in [-0.2, -0.15) is 13.2 Å². The van der Waals surface area contributed by atoms with E-state index in [1.165, 1.54) is 36.5 Å². The maximum Gasteiger partial charge on any atom is 0.416 e. The molecule has 0 fully saturated rings. The Morgan fingerprint density at radius 1 is 0.521 bits per heavy atom. The highest BCUT2D eigenvalue weighted by Crippen LogP contribution is 2.33. The van der Waals surface area contributed by atoms with Gasteiger partial charge in [-0.05, 0) is 117 Å². The van der Waals surface area contributed by atoms with Gasteiger partial charge in [0.2, 0.25) is 15.9 Å². The molecule has 0 saturated carbocycles. The fourth-order valence-electron chi connectivity index (χ4n) is 9.36. The molecule has 0 aliphatic rings. The SMILES string of the molecule is CCN(CC)c1ccc(NC(=O)c2cccc(CCCOCCOCCOCCOCCNS(=O)(=O)c3ccc(CCC(=O)N(CCOC)CCOCCOCCOCCOCCOCCOCCOC)cc3)c2)c(-c2cc(C(=O)NCc3cccc(C(F)(F)F)c3)ccn2)c1. The summed E-state index contributed by atoms with van der Waals surface area (Å²) in [5.41, 5.74) is 4.32. The number of sulfonamides is 1. The highest BCUT2D eigenvalue weighted by molar-refractivity contribution is 7.89. The second kappa shape index (κ2) is 47.4. The Bertz CT molecular complexity index is 3100. The smallest absolute Gasteiger partial charge is 0.383 e. The van der Waals surface area contributed by atoms with E-state index in [4.69, 9.17) is 56.8 Å². The number of carbonyl (C=O) groups is 3. The monoisotopic (exact) mass is 1370 g/mol. The summed E-state index contributed by atoms with van der Waals surface area (Å²) in [6.07, 6.45) is -1.00. The summed E-state index contributed by atoms with van der Waals surface area (Å²) in [4.78, 5) is 48.8. The van der Waals surface area contributed by atoms with Gasteiger partial charge in [0.25, 0.3) is 11.8 Å². The number of hydrogen-bond acceptors (Lipinski definition) is 19. The third-order valence-corrected chi connectivity index (χ3v) is 16.0. The van der Waals surface area contributed by atoms with Crippen LogP contribution in [0.5, 0.6) is 0 Å². The van der Waals surface area contributed by atoms with Crippen LogP contribution in [0, 0.1) is 0 Å². The van der Waals surface area contributed by atoms with Crippen molar-refractivity contribution >= 4 is 39.1 Å². The molecule has 4 aromatic carbocycles. The molecule has 0 spiro atoms. The molecule has 0 bridgehead atoms. The molecule has 1 heterocycles. The van der Waals surface area contributed by atoms with Gasteiger partial charge >= 0.3 is 6.18 Å². The van der Waals surface area contributed by atoms with Crippen LogP contribution in [0.2, 0.25) is 0 Å². The number of nitrogens with one attached hydrogen (secondary N) is 3. The van der Waals surface area contributed by atoms with Gasteiger partial charge in [-0.3, -0.25) is 19.4 Å². The van der Waals surface area contributed by atoms with Crippen LogP contribution in [-0.2, 0) is 97.2 Å². The summed E-state index contributed by atoms with van der Waals surface area (Å²) >= 11 is 0. The summed E-state index contributed by atoms with van der Waals surface area (Å²) < 4.78 is 134. The first-order chi connectivity index (χ1) is 46.6. The normalized spacial score (nSPS) is 11.7. The molecule has 0 radical (unpaired) electrons. The third-order valence-electron chi connectivity index (χ3n) is 14.6. The minimum atomic E-state index is -4.51. The average Bonchev–Trinajstić information content (AvgIpc) is 0.826. The minimum absolute atomic E-state index is 0.0660. The van der Waals surface area contributed by atoms with Gasteiger partial charge in [0.1, 0.15) is 0 Å². The molecule has 0 atom stereocenters. The number of hydrogen-bond donors (Lipinski definition) is 3. The molecule has 5 aromatic rings. The largest absolute Gasteiger partial charge is 0.416 e. The Labute approximate surface area is 563 Å². The molecule has 532 valence electrons. The van der Waals surface area contributed by atoms with Gasteiger partial charge in [-0.25, -0.2) is 13.1 Å². The third kappa shape index (κ3) is 32.2. The quantitative estimate of drug-likeness (QED) is 0.0313. The van der Waals surface area contributed by atoms with Gasteiger partial charge < -0.3 is 77.3 Å². The van der Waals surface area contributed by atoms with E-state index in [1.807, 2.05) is 44.2 Å². The number of amides is 3. The van der Waals surface area contributed by atoms with Crippen LogP contribution in [-0.4, -0.2) is 228 Å². The molecule has 0 unspecified atom stereocenters. The van der Waals surface area contributed by atoms with Gasteiger partial charge in [0, 0.05) is 95.1 Å². The lowest BCUT2D eigenvalue weighted by Gasteiger charge is -2.23. The number of ether oxygens (including phenoxy) is 12. The van der Waals surface area contributed by atoms with Crippen LogP contribution < -0.4 is 20.3 Å². The zero-order valence-electron chi connectivity index (χ0n) is 55.8. The highest BCUT2D eigenvalue weighted by Gasteiger charge is 2.30. The van der Waals surface area contributed by atoms with Crippen LogP contribution in [0.3, 0.4) is 0 Å². The zero-order chi connectivity index (χ0) is 68.9. The first-order valence-electron chi connectivity index (χ1n) is 32.5. The Morgan fingerprint density at radius 2 is 1.05 bits per heavy atom. The molecular weight excluding hydrogens is 1270 g/mol. The number of rotatable bonds is 54. The second-order valence-electron chi connectivity index (χ2n) is 21.5. The molecule has 23 nitrogen and oxygen atoms in total. The van der Waals surface area contributed by atoms with Crippen molar-refractivity contribution in [3.8, 4) is 11.3 Å². The molecule has 27 heteroatoms. The van der Waals surface area contributed by atoms with Gasteiger partial charge in [0.15, 0.2) is 0 Å². The van der Waals surface area contributed by atoms with Crippen LogP contribution in [0.4, 0.5) is 24.5 Å². The fourth-order valence-corrected chi connectivity index (χ4v) is 10.4. The minimum Gasteiger partial charge on any atom is -0.383 e. The van der Waals surface area contributed by atoms with E-state index in [1.54, 1.807) is 49.5 Å². The molecule has 3 amide bonds. The number of nitrogens with zero attached hydrogens (tertiary/aromatic N) is 3. The first-order valence-corrected chi connectivity index (χ1v) is 34.0. The van der Waals surface area contributed by atoms with Crippen LogP contribution in [0.1, 0.15) is 69.7 Å². The van der Waals surface area contributed by atoms with Crippen molar-refractivity contribution in [2.45, 2.75) is 57.1 Å². The Morgan fingerprint density at radius 3 is 1.64 bits per heavy atom. The lowest BCUT2D eigenvalue weighted by Crippen LogP contribution is -2.36. The molecule has 0 aliphatic heterocycles. The van der Waals surface area contributed by atoms with E-state index in [2.05, 4.69) is 25.2 Å². The second-order valence-corrected chi connectivity index (χ2v) is 23.3. The number of anilines is 2. The van der Waals surface area contributed by atoms with Crippen molar-refractivity contribution in [3.05, 3.63) is 143 Å². The van der Waals surface area contributed by atoms with Gasteiger partial charge in [-0.1, -0.05) is 36.4 Å². The van der Waals surface area contributed by atoms with Crippen LogP contribution in [0.25, 0.3) is 11.3 Å². The van der Waals surface area contributed by atoms with Crippen molar-refractivity contribution < 1.29 is 92.8 Å². The summed E-state index contributed by atoms with van der Waals surface area (Å²) in [5, 5.41) is 5.74. The zero-order valence-corrected chi connectivity index (χ0v) is 56.7. The number of benzene rings is 4. The number of pyridine rings is 1. The predicted molar refractivity (Wildman–Crippen MR) is 357 cm³/mol. The van der Waals surface area contributed by atoms with Crippen molar-refractivity contribution in [1.29, 1.82) is 0 Å². The van der Waals surface area contributed by atoms with E-state index in [-0.39, 0.29) is 55.0 Å². The number of alkyl halides is 3. The summed E-state index contributed by atoms with van der Waals surface area (Å²) in [7, 11) is -0.583. The Hall–Kier alpha value is -6.54. The van der Waals surface area contributed by atoms with Crippen molar-refractivity contribution in [2.24, 2.45) is 0 Å². The number of methoxy groups -OCH3 is 2.